The van der Waals surface area contributed by atoms with Gasteiger partial charge in [-0.05, 0) is 67.2 Å². The number of benzene rings is 2. The van der Waals surface area contributed by atoms with E-state index in [1.165, 1.54) is 23.1 Å². The second-order valence-corrected chi connectivity index (χ2v) is 8.31. The van der Waals surface area contributed by atoms with Gasteiger partial charge in [0, 0.05) is 17.1 Å². The highest BCUT2D eigenvalue weighted by Gasteiger charge is 2.34. The average molecular weight is 488 g/mol. The smallest absolute Gasteiger partial charge is 0.326 e. The third-order valence-corrected chi connectivity index (χ3v) is 6.12. The third-order valence-electron chi connectivity index (χ3n) is 5.09. The number of aromatic nitrogens is 1. The number of aliphatic carboxylic acids is 1. The normalized spacial score (nSPS) is 16.5. The van der Waals surface area contributed by atoms with Crippen molar-refractivity contribution in [1.29, 1.82) is 0 Å². The number of nitrogens with zero attached hydrogens (tertiary/aromatic N) is 2. The van der Waals surface area contributed by atoms with Crippen molar-refractivity contribution in [2.75, 3.05) is 4.90 Å². The van der Waals surface area contributed by atoms with Crippen molar-refractivity contribution in [1.82, 2.24) is 9.88 Å². The van der Waals surface area contributed by atoms with Crippen LogP contribution in [0.1, 0.15) is 18.5 Å². The van der Waals surface area contributed by atoms with E-state index in [1.807, 2.05) is 0 Å². The fourth-order valence-electron chi connectivity index (χ4n) is 3.41. The van der Waals surface area contributed by atoms with E-state index < -0.39 is 23.8 Å². The van der Waals surface area contributed by atoms with Crippen molar-refractivity contribution in [2.24, 2.45) is 0 Å². The largest absolute Gasteiger partial charge is 0.480 e. The molecule has 4 rings (SSSR count). The first-order valence-corrected chi connectivity index (χ1v) is 10.5. The zero-order valence-electron chi connectivity index (χ0n) is 16.5. The Morgan fingerprint density at radius 2 is 1.88 bits per heavy atom. The van der Waals surface area contributed by atoms with Gasteiger partial charge in [-0.15, -0.1) is 0 Å². The van der Waals surface area contributed by atoms with Gasteiger partial charge in [0.15, 0.2) is 5.11 Å². The molecule has 0 radical (unpaired) electrons. The van der Waals surface area contributed by atoms with Crippen LogP contribution in [-0.4, -0.2) is 32.6 Å². The van der Waals surface area contributed by atoms with Gasteiger partial charge in [0.25, 0.3) is 11.8 Å². The minimum Gasteiger partial charge on any atom is -0.480 e. The Morgan fingerprint density at radius 3 is 2.56 bits per heavy atom. The lowest BCUT2D eigenvalue weighted by Gasteiger charge is -2.29. The van der Waals surface area contributed by atoms with E-state index >= 15 is 0 Å². The number of amides is 2. The summed E-state index contributed by atoms with van der Waals surface area (Å²) in [5.41, 5.74) is 1.58. The van der Waals surface area contributed by atoms with Crippen molar-refractivity contribution in [2.45, 2.75) is 13.0 Å². The Kier molecular flexibility index (Phi) is 5.77. The summed E-state index contributed by atoms with van der Waals surface area (Å²) >= 11 is 17.2. The second-order valence-electron chi connectivity index (χ2n) is 7.11. The van der Waals surface area contributed by atoms with Gasteiger partial charge in [-0.1, -0.05) is 29.3 Å². The molecule has 10 heteroatoms. The number of rotatable bonds is 4. The molecule has 3 aromatic rings. The second kappa shape index (κ2) is 8.38. The number of hydrogen-bond acceptors (Lipinski definition) is 4. The van der Waals surface area contributed by atoms with E-state index in [2.05, 4.69) is 5.32 Å². The Balaban J connectivity index is 1.72. The van der Waals surface area contributed by atoms with Crippen LogP contribution in [0.5, 0.6) is 0 Å². The van der Waals surface area contributed by atoms with Crippen molar-refractivity contribution in [3.8, 4) is 0 Å². The third kappa shape index (κ3) is 3.88. The minimum atomic E-state index is -0.948. The van der Waals surface area contributed by atoms with Crippen molar-refractivity contribution in [3.63, 3.8) is 0 Å². The van der Waals surface area contributed by atoms with E-state index in [0.29, 0.717) is 16.3 Å². The van der Waals surface area contributed by atoms with Crippen LogP contribution in [-0.2, 0) is 14.4 Å². The number of fused-ring (bicyclic) bond motifs is 1. The van der Waals surface area contributed by atoms with Crippen molar-refractivity contribution >= 4 is 81.0 Å². The number of anilines is 1. The number of carboxylic acids is 1. The predicted molar refractivity (Wildman–Crippen MR) is 127 cm³/mol. The van der Waals surface area contributed by atoms with Gasteiger partial charge >= 0.3 is 5.97 Å². The molecule has 0 spiro atoms. The summed E-state index contributed by atoms with van der Waals surface area (Å²) in [4.78, 5) is 38.2. The summed E-state index contributed by atoms with van der Waals surface area (Å²) < 4.78 is 1.64. The van der Waals surface area contributed by atoms with E-state index in [0.717, 1.165) is 10.9 Å². The maximum absolute atomic E-state index is 13.1. The molecule has 2 heterocycles. The first-order chi connectivity index (χ1) is 15.2. The van der Waals surface area contributed by atoms with E-state index in [9.17, 15) is 19.5 Å². The lowest BCUT2D eigenvalue weighted by molar-refractivity contribution is -0.140. The molecule has 1 aliphatic heterocycles. The summed E-state index contributed by atoms with van der Waals surface area (Å²) in [7, 11) is 0. The van der Waals surface area contributed by atoms with Gasteiger partial charge in [0.1, 0.15) is 11.6 Å². The molecular weight excluding hydrogens is 473 g/mol. The molecule has 0 saturated carbocycles. The highest BCUT2D eigenvalue weighted by atomic mass is 35.5. The first-order valence-electron chi connectivity index (χ1n) is 9.37. The fraction of sp³-hybridized carbons (Fsp3) is 0.0909. The Labute approximate surface area is 197 Å². The molecule has 2 amide bonds. The zero-order chi connectivity index (χ0) is 23.2. The van der Waals surface area contributed by atoms with Gasteiger partial charge in [-0.2, -0.15) is 0 Å². The van der Waals surface area contributed by atoms with Crippen LogP contribution >= 0.6 is 35.4 Å². The number of thiocarbonyl (C=S) groups is 1. The van der Waals surface area contributed by atoms with Crippen LogP contribution < -0.4 is 10.2 Å². The maximum atomic E-state index is 13.1. The molecule has 0 aliphatic carbocycles. The molecule has 2 aromatic carbocycles. The number of nitrogens with one attached hydrogen (secondary N) is 1. The molecule has 1 saturated heterocycles. The van der Waals surface area contributed by atoms with Crippen LogP contribution in [0.15, 0.2) is 54.2 Å². The number of carbonyl (C=O) groups is 3. The molecular formula is C22H15Cl2N3O4S. The fourth-order valence-corrected chi connectivity index (χ4v) is 3.99. The van der Waals surface area contributed by atoms with Gasteiger partial charge in [0.2, 0.25) is 0 Å². The Morgan fingerprint density at radius 1 is 1.12 bits per heavy atom. The summed E-state index contributed by atoms with van der Waals surface area (Å²) in [6.07, 6.45) is 3.14. The standard InChI is InChI=1S/C22H15Cl2N3O4S/c1-11(21(30)31)26-7-6-13-8-12(2-5-18(13)26)9-15-19(28)25-22(32)27(20(15)29)14-3-4-16(23)17(24)10-14/h2-11H,1H3,(H,30,31)(H,25,28,32)/b15-9+/t11-/m0/s1. The van der Waals surface area contributed by atoms with Crippen LogP contribution in [0.3, 0.4) is 0 Å². The highest BCUT2D eigenvalue weighted by molar-refractivity contribution is 7.80. The van der Waals surface area contributed by atoms with Crippen LogP contribution in [0.4, 0.5) is 5.69 Å². The number of hydrogen-bond donors (Lipinski definition) is 2. The van der Waals surface area contributed by atoms with Gasteiger partial charge in [0.05, 0.1) is 15.7 Å². The van der Waals surface area contributed by atoms with Gasteiger partial charge in [-0.25, -0.2) is 4.79 Å². The molecule has 0 unspecified atom stereocenters. The zero-order valence-corrected chi connectivity index (χ0v) is 18.8. The van der Waals surface area contributed by atoms with E-state index in [1.54, 1.807) is 48.0 Å². The number of carboxylic acid groups (broad SMARTS) is 1. The summed E-state index contributed by atoms with van der Waals surface area (Å²) in [6, 6.07) is 10.9. The molecule has 7 nitrogen and oxygen atoms in total. The van der Waals surface area contributed by atoms with Gasteiger partial charge < -0.3 is 9.67 Å². The predicted octanol–water partition coefficient (Wildman–Crippen LogP) is 4.43. The molecule has 2 N–H and O–H groups in total. The molecule has 32 heavy (non-hydrogen) atoms. The number of carbonyl (C=O) groups excluding carboxylic acids is 2. The molecule has 1 aliphatic rings. The summed E-state index contributed by atoms with van der Waals surface area (Å²) in [6.45, 7) is 1.59. The Bertz CT molecular complexity index is 1350. The minimum absolute atomic E-state index is 0.0641. The monoisotopic (exact) mass is 487 g/mol. The molecule has 162 valence electrons. The lowest BCUT2D eigenvalue weighted by atomic mass is 10.1. The van der Waals surface area contributed by atoms with Crippen LogP contribution in [0, 0.1) is 0 Å². The molecule has 1 fully saturated rings. The Hall–Kier alpha value is -3.20. The lowest BCUT2D eigenvalue weighted by Crippen LogP contribution is -2.54. The molecule has 1 atom stereocenters. The summed E-state index contributed by atoms with van der Waals surface area (Å²) in [5, 5.41) is 13.1. The molecule has 0 bridgehead atoms. The topological polar surface area (TPSA) is 91.6 Å². The molecule has 1 aromatic heterocycles. The first kappa shape index (κ1) is 22.0. The van der Waals surface area contributed by atoms with E-state index in [4.69, 9.17) is 35.4 Å². The maximum Gasteiger partial charge on any atom is 0.326 e. The number of halogens is 2. The van der Waals surface area contributed by atoms with Crippen LogP contribution in [0.25, 0.3) is 17.0 Å². The van der Waals surface area contributed by atoms with Crippen molar-refractivity contribution in [3.05, 3.63) is 69.8 Å². The SMILES string of the molecule is C[C@@H](C(=O)O)n1ccc2cc(/C=C3\C(=O)NC(=S)N(c4ccc(Cl)c(Cl)c4)C3=O)ccc21. The quantitative estimate of drug-likeness (QED) is 0.322. The van der Waals surface area contributed by atoms with Crippen molar-refractivity contribution < 1.29 is 19.5 Å². The summed E-state index contributed by atoms with van der Waals surface area (Å²) in [5.74, 6) is -2.17. The highest BCUT2D eigenvalue weighted by Crippen LogP contribution is 2.30. The van der Waals surface area contributed by atoms with Crippen LogP contribution in [0.2, 0.25) is 10.0 Å². The average Bonchev–Trinajstić information content (AvgIpc) is 3.16. The van der Waals surface area contributed by atoms with Gasteiger partial charge in [-0.3, -0.25) is 19.8 Å². The van der Waals surface area contributed by atoms with E-state index in [-0.39, 0.29) is 15.7 Å².